The maximum absolute atomic E-state index is 12.7. The van der Waals surface area contributed by atoms with Crippen LogP contribution in [0.2, 0.25) is 0 Å². The molecule has 0 aliphatic rings. The van der Waals surface area contributed by atoms with E-state index in [0.717, 1.165) is 0 Å². The SMILES string of the molecule is COC(=O)c1cc(NC(=O)C(C)(C#N)c2ccccc2)cnc1OC. The zero-order valence-electron chi connectivity index (χ0n) is 14.1. The summed E-state index contributed by atoms with van der Waals surface area (Å²) in [6.07, 6.45) is 1.34. The molecule has 1 N–H and O–H groups in total. The molecule has 1 unspecified atom stereocenters. The smallest absolute Gasteiger partial charge is 0.343 e. The molecule has 128 valence electrons. The van der Waals surface area contributed by atoms with Crippen LogP contribution in [-0.4, -0.2) is 31.1 Å². The average Bonchev–Trinajstić information content (AvgIpc) is 2.67. The Balaban J connectivity index is 2.34. The molecule has 25 heavy (non-hydrogen) atoms. The van der Waals surface area contributed by atoms with Gasteiger partial charge in [0.1, 0.15) is 5.56 Å². The minimum absolute atomic E-state index is 0.0705. The average molecular weight is 339 g/mol. The number of anilines is 1. The number of carbonyl (C=O) groups excluding carboxylic acids is 2. The van der Waals surface area contributed by atoms with Crippen LogP contribution in [-0.2, 0) is 14.9 Å². The fourth-order valence-electron chi connectivity index (χ4n) is 2.21. The Labute approximate surface area is 145 Å². The molecule has 2 rings (SSSR count). The van der Waals surface area contributed by atoms with Crippen LogP contribution in [0.25, 0.3) is 0 Å². The lowest BCUT2D eigenvalue weighted by Gasteiger charge is -2.21. The first-order chi connectivity index (χ1) is 12.0. The van der Waals surface area contributed by atoms with E-state index in [1.54, 1.807) is 30.3 Å². The summed E-state index contributed by atoms with van der Waals surface area (Å²) in [6.45, 7) is 1.52. The molecule has 0 aliphatic heterocycles. The summed E-state index contributed by atoms with van der Waals surface area (Å²) in [4.78, 5) is 28.4. The van der Waals surface area contributed by atoms with Gasteiger partial charge in [-0.15, -0.1) is 0 Å². The number of nitrogens with zero attached hydrogens (tertiary/aromatic N) is 2. The fraction of sp³-hybridized carbons (Fsp3) is 0.222. The minimum atomic E-state index is -1.40. The van der Waals surface area contributed by atoms with E-state index >= 15 is 0 Å². The summed E-state index contributed by atoms with van der Waals surface area (Å²) >= 11 is 0. The number of carbonyl (C=O) groups is 2. The van der Waals surface area contributed by atoms with E-state index in [4.69, 9.17) is 4.74 Å². The van der Waals surface area contributed by atoms with Crippen molar-refractivity contribution in [1.29, 1.82) is 5.26 Å². The molecule has 1 amide bonds. The number of rotatable bonds is 5. The molecule has 7 heteroatoms. The van der Waals surface area contributed by atoms with E-state index < -0.39 is 17.3 Å². The zero-order chi connectivity index (χ0) is 18.4. The number of hydrogen-bond acceptors (Lipinski definition) is 6. The minimum Gasteiger partial charge on any atom is -0.480 e. The highest BCUT2D eigenvalue weighted by Gasteiger charge is 2.35. The van der Waals surface area contributed by atoms with Crippen molar-refractivity contribution in [3.05, 3.63) is 53.7 Å². The number of methoxy groups -OCH3 is 2. The van der Waals surface area contributed by atoms with Crippen LogP contribution in [0.4, 0.5) is 5.69 Å². The summed E-state index contributed by atoms with van der Waals surface area (Å²) in [7, 11) is 2.60. The highest BCUT2D eigenvalue weighted by Crippen LogP contribution is 2.26. The van der Waals surface area contributed by atoms with Crippen molar-refractivity contribution in [2.75, 3.05) is 19.5 Å². The summed E-state index contributed by atoms with van der Waals surface area (Å²) in [5.41, 5.74) is -0.512. The van der Waals surface area contributed by atoms with Crippen molar-refractivity contribution in [3.8, 4) is 11.9 Å². The van der Waals surface area contributed by atoms with Gasteiger partial charge in [0.15, 0.2) is 5.41 Å². The molecule has 7 nitrogen and oxygen atoms in total. The molecule has 0 spiro atoms. The van der Waals surface area contributed by atoms with Gasteiger partial charge in [0, 0.05) is 0 Å². The second-order valence-corrected chi connectivity index (χ2v) is 5.33. The molecule has 1 atom stereocenters. The molecule has 0 radical (unpaired) electrons. The maximum atomic E-state index is 12.7. The second-order valence-electron chi connectivity index (χ2n) is 5.33. The molecule has 0 bridgehead atoms. The molecular formula is C18H17N3O4. The Morgan fingerprint density at radius 3 is 2.48 bits per heavy atom. The molecule has 0 saturated heterocycles. The van der Waals surface area contributed by atoms with Crippen LogP contribution >= 0.6 is 0 Å². The number of nitriles is 1. The quantitative estimate of drug-likeness (QED) is 0.839. The number of nitrogens with one attached hydrogen (secondary N) is 1. The monoisotopic (exact) mass is 339 g/mol. The largest absolute Gasteiger partial charge is 0.480 e. The van der Waals surface area contributed by atoms with Crippen molar-refractivity contribution < 1.29 is 19.1 Å². The number of benzene rings is 1. The van der Waals surface area contributed by atoms with Gasteiger partial charge in [0.2, 0.25) is 11.8 Å². The van der Waals surface area contributed by atoms with Crippen LogP contribution in [0.5, 0.6) is 5.88 Å². The van der Waals surface area contributed by atoms with E-state index in [9.17, 15) is 14.9 Å². The molecule has 1 aromatic carbocycles. The summed E-state index contributed by atoms with van der Waals surface area (Å²) < 4.78 is 9.68. The maximum Gasteiger partial charge on any atom is 0.343 e. The van der Waals surface area contributed by atoms with Gasteiger partial charge in [-0.1, -0.05) is 30.3 Å². The third kappa shape index (κ3) is 3.58. The molecular weight excluding hydrogens is 322 g/mol. The van der Waals surface area contributed by atoms with Crippen LogP contribution in [0, 0.1) is 11.3 Å². The van der Waals surface area contributed by atoms with E-state index in [1.807, 2.05) is 6.07 Å². The summed E-state index contributed by atoms with van der Waals surface area (Å²) in [5.74, 6) is -1.11. The van der Waals surface area contributed by atoms with Gasteiger partial charge in [-0.25, -0.2) is 9.78 Å². The Morgan fingerprint density at radius 1 is 1.24 bits per heavy atom. The van der Waals surface area contributed by atoms with Gasteiger partial charge in [-0.2, -0.15) is 5.26 Å². The fourth-order valence-corrected chi connectivity index (χ4v) is 2.21. The predicted octanol–water partition coefficient (Wildman–Crippen LogP) is 2.30. The van der Waals surface area contributed by atoms with Gasteiger partial charge in [0.05, 0.1) is 32.2 Å². The van der Waals surface area contributed by atoms with Crippen LogP contribution in [0.15, 0.2) is 42.6 Å². The molecule has 0 fully saturated rings. The molecule has 0 aliphatic carbocycles. The van der Waals surface area contributed by atoms with Crippen molar-refractivity contribution in [2.45, 2.75) is 12.3 Å². The topological polar surface area (TPSA) is 101 Å². The standard InChI is InChI=1S/C18H17N3O4/c1-18(11-19,12-7-5-4-6-8-12)17(23)21-13-9-14(16(22)25-3)15(24-2)20-10-13/h4-10H,1-3H3,(H,21,23). The second kappa shape index (κ2) is 7.45. The van der Waals surface area contributed by atoms with Crippen molar-refractivity contribution in [1.82, 2.24) is 4.98 Å². The van der Waals surface area contributed by atoms with E-state index in [0.29, 0.717) is 5.56 Å². The Hall–Kier alpha value is -3.40. The first-order valence-electron chi connectivity index (χ1n) is 7.37. The van der Waals surface area contributed by atoms with Crippen LogP contribution < -0.4 is 10.1 Å². The lowest BCUT2D eigenvalue weighted by atomic mass is 9.83. The van der Waals surface area contributed by atoms with Gasteiger partial charge in [0.25, 0.3) is 0 Å². The van der Waals surface area contributed by atoms with Crippen LogP contribution in [0.3, 0.4) is 0 Å². The number of pyridine rings is 1. The highest BCUT2D eigenvalue weighted by atomic mass is 16.5. The number of amides is 1. The van der Waals surface area contributed by atoms with E-state index in [-0.39, 0.29) is 17.1 Å². The summed E-state index contributed by atoms with van der Waals surface area (Å²) in [5, 5.41) is 12.1. The van der Waals surface area contributed by atoms with Crippen LogP contribution in [0.1, 0.15) is 22.8 Å². The van der Waals surface area contributed by atoms with Crippen molar-refractivity contribution >= 4 is 17.6 Å². The van der Waals surface area contributed by atoms with Gasteiger partial charge in [-0.3, -0.25) is 4.79 Å². The van der Waals surface area contributed by atoms with E-state index in [2.05, 4.69) is 15.0 Å². The van der Waals surface area contributed by atoms with Gasteiger partial charge < -0.3 is 14.8 Å². The number of esters is 1. The molecule has 2 aromatic rings. The summed E-state index contributed by atoms with van der Waals surface area (Å²) in [6, 6.07) is 12.1. The molecule has 0 saturated carbocycles. The zero-order valence-corrected chi connectivity index (χ0v) is 14.1. The van der Waals surface area contributed by atoms with E-state index in [1.165, 1.54) is 33.4 Å². The van der Waals surface area contributed by atoms with Gasteiger partial charge in [-0.05, 0) is 18.6 Å². The highest BCUT2D eigenvalue weighted by molar-refractivity contribution is 6.02. The Kier molecular flexibility index (Phi) is 5.35. The van der Waals surface area contributed by atoms with Gasteiger partial charge >= 0.3 is 5.97 Å². The predicted molar refractivity (Wildman–Crippen MR) is 90.2 cm³/mol. The Morgan fingerprint density at radius 2 is 1.92 bits per heavy atom. The first-order valence-corrected chi connectivity index (χ1v) is 7.37. The normalized spacial score (nSPS) is 12.4. The molecule has 1 aromatic heterocycles. The first kappa shape index (κ1) is 17.9. The lowest BCUT2D eigenvalue weighted by molar-refractivity contribution is -0.119. The lowest BCUT2D eigenvalue weighted by Crippen LogP contribution is -2.36. The molecule has 1 heterocycles. The number of ether oxygens (including phenoxy) is 2. The number of aromatic nitrogens is 1. The number of hydrogen-bond donors (Lipinski definition) is 1. The third-order valence-electron chi connectivity index (χ3n) is 3.74. The van der Waals surface area contributed by atoms with Crippen molar-refractivity contribution in [3.63, 3.8) is 0 Å². The van der Waals surface area contributed by atoms with Crippen molar-refractivity contribution in [2.24, 2.45) is 0 Å². The Bertz CT molecular complexity index is 830. The third-order valence-corrected chi connectivity index (χ3v) is 3.74.